The van der Waals surface area contributed by atoms with Crippen LogP contribution in [0.4, 0.5) is 0 Å². The fourth-order valence-corrected chi connectivity index (χ4v) is 2.66. The molecular weight excluding hydrogens is 549 g/mol. The molecule has 0 bridgehead atoms. The van der Waals surface area contributed by atoms with Gasteiger partial charge in [0.25, 0.3) is 0 Å². The van der Waals surface area contributed by atoms with Crippen LogP contribution in [0.5, 0.6) is 0 Å². The topological polar surface area (TPSA) is 12.4 Å². The molecule has 0 fully saturated rings. The molecule has 1 nitrogen and oxygen atoms in total. The van der Waals surface area contributed by atoms with Crippen LogP contribution in [-0.2, 0) is 39.6 Å². The maximum atomic E-state index is 4.19. The first kappa shape index (κ1) is 29.2. The normalized spacial score (nSPS) is 10.7. The summed E-state index contributed by atoms with van der Waals surface area (Å²) in [6.07, 6.45) is 5.99. The SMILES string of the molecule is Cc1[c-]c(C)c(C)cc1.[CH2-]C(=[C-]C)N=[C-]c1c(C)c(C)c(C)c(C)c1C.[V+2].[W+2]. The zero-order chi connectivity index (χ0) is 20.0. The van der Waals surface area contributed by atoms with Crippen LogP contribution in [0.2, 0.25) is 0 Å². The summed E-state index contributed by atoms with van der Waals surface area (Å²) in [6, 6.07) is 7.45. The van der Waals surface area contributed by atoms with Crippen molar-refractivity contribution in [2.75, 3.05) is 0 Å². The van der Waals surface area contributed by atoms with E-state index in [9.17, 15) is 0 Å². The number of rotatable bonds is 2. The van der Waals surface area contributed by atoms with E-state index >= 15 is 0 Å². The van der Waals surface area contributed by atoms with Crippen molar-refractivity contribution in [3.05, 3.63) is 87.0 Å². The molecule has 1 radical (unpaired) electrons. The fourth-order valence-electron chi connectivity index (χ4n) is 2.66. The largest absolute Gasteiger partial charge is 2.00 e. The molecule has 0 spiro atoms. The van der Waals surface area contributed by atoms with Crippen molar-refractivity contribution >= 4 is 6.21 Å². The maximum absolute atomic E-state index is 4.19. The molecule has 0 unspecified atom stereocenters. The number of hydrogen-bond acceptors (Lipinski definition) is 1. The van der Waals surface area contributed by atoms with Crippen molar-refractivity contribution in [2.45, 2.75) is 62.3 Å². The monoisotopic (exact) mass is 580 g/mol. The third-order valence-electron chi connectivity index (χ3n) is 5.15. The summed E-state index contributed by atoms with van der Waals surface area (Å²) < 4.78 is 0. The van der Waals surface area contributed by atoms with Crippen LogP contribution in [0, 0.1) is 74.5 Å². The first-order valence-corrected chi connectivity index (χ1v) is 8.96. The van der Waals surface area contributed by atoms with Crippen molar-refractivity contribution in [3.8, 4) is 0 Å². The van der Waals surface area contributed by atoms with Crippen LogP contribution in [0.3, 0.4) is 0 Å². The third kappa shape index (κ3) is 7.78. The minimum Gasteiger partial charge on any atom is -0.562 e. The summed E-state index contributed by atoms with van der Waals surface area (Å²) in [4.78, 5) is 4.19. The Kier molecular flexibility index (Phi) is 13.8. The molecular formula is C25H31NVW. The van der Waals surface area contributed by atoms with Gasteiger partial charge < -0.3 is 23.7 Å². The second-order valence-electron chi connectivity index (χ2n) is 6.87. The van der Waals surface area contributed by atoms with Crippen molar-refractivity contribution in [3.63, 3.8) is 0 Å². The Morgan fingerprint density at radius 1 is 0.857 bits per heavy atom. The van der Waals surface area contributed by atoms with E-state index in [0.29, 0.717) is 5.70 Å². The Morgan fingerprint density at radius 3 is 1.71 bits per heavy atom. The number of aliphatic imine (C=N–C) groups is 1. The first-order chi connectivity index (χ1) is 12.1. The zero-order valence-corrected chi connectivity index (χ0v) is 23.0. The zero-order valence-electron chi connectivity index (χ0n) is 18.7. The number of hydrogen-bond donors (Lipinski definition) is 0. The van der Waals surface area contributed by atoms with E-state index < -0.39 is 0 Å². The molecule has 2 aromatic rings. The number of aryl methyl sites for hydroxylation is 3. The van der Waals surface area contributed by atoms with Gasteiger partial charge in [0.05, 0.1) is 0 Å². The van der Waals surface area contributed by atoms with E-state index in [0.717, 1.165) is 5.56 Å². The summed E-state index contributed by atoms with van der Waals surface area (Å²) in [7, 11) is 0. The van der Waals surface area contributed by atoms with Gasteiger partial charge in [-0.05, 0) is 27.0 Å². The minimum absolute atomic E-state index is 0. The average molecular weight is 580 g/mol. The quantitative estimate of drug-likeness (QED) is 0.285. The Balaban J connectivity index is 0. The van der Waals surface area contributed by atoms with E-state index in [1.807, 2.05) is 0 Å². The van der Waals surface area contributed by atoms with Gasteiger partial charge in [-0.2, -0.15) is 34.9 Å². The van der Waals surface area contributed by atoms with Gasteiger partial charge in [-0.15, -0.1) is 16.7 Å². The molecule has 0 atom stereocenters. The second kappa shape index (κ2) is 13.3. The molecule has 0 amide bonds. The van der Waals surface area contributed by atoms with Gasteiger partial charge in [0.1, 0.15) is 0 Å². The molecule has 0 aromatic heterocycles. The fraction of sp³-hybridized carbons (Fsp3) is 0.360. The summed E-state index contributed by atoms with van der Waals surface area (Å²) in [5, 5.41) is 0. The predicted molar refractivity (Wildman–Crippen MR) is 114 cm³/mol. The van der Waals surface area contributed by atoms with Gasteiger partial charge in [-0.25, -0.2) is 6.92 Å². The van der Waals surface area contributed by atoms with Gasteiger partial charge in [0.2, 0.25) is 0 Å². The van der Waals surface area contributed by atoms with Gasteiger partial charge in [-0.1, -0.05) is 51.3 Å². The molecule has 2 rings (SSSR count). The van der Waals surface area contributed by atoms with Gasteiger partial charge >= 0.3 is 39.6 Å². The van der Waals surface area contributed by atoms with Crippen molar-refractivity contribution < 1.29 is 39.6 Å². The third-order valence-corrected chi connectivity index (χ3v) is 5.15. The number of allylic oxidation sites excluding steroid dienone is 2. The standard InChI is InChI=1S/C16H20N.C9H11.V.W/c1-8-10(2)17-9-16-14(6)12(4)11(3)13(5)15(16)7;1-7-4-5-8(2)9(3)6-7;;/h2H2,1,3-7H3;4-5H,1-3H3;;/q-3;-1;2*+2. The van der Waals surface area contributed by atoms with Crippen LogP contribution < -0.4 is 0 Å². The molecule has 3 heteroatoms. The predicted octanol–water partition coefficient (Wildman–Crippen LogP) is 6.47. The average Bonchev–Trinajstić information content (AvgIpc) is 2.62. The van der Waals surface area contributed by atoms with Crippen LogP contribution in [0.25, 0.3) is 0 Å². The first-order valence-electron chi connectivity index (χ1n) is 8.96. The Morgan fingerprint density at radius 2 is 1.32 bits per heavy atom. The number of nitrogens with zero attached hydrogens (tertiary/aromatic N) is 1. The van der Waals surface area contributed by atoms with E-state index in [-0.39, 0.29) is 39.6 Å². The second-order valence-corrected chi connectivity index (χ2v) is 6.87. The minimum atomic E-state index is 0. The molecule has 0 aliphatic rings. The van der Waals surface area contributed by atoms with Crippen molar-refractivity contribution in [1.29, 1.82) is 0 Å². The Hall–Kier alpha value is -1.01. The van der Waals surface area contributed by atoms with E-state index in [1.165, 1.54) is 44.5 Å². The molecule has 0 heterocycles. The summed E-state index contributed by atoms with van der Waals surface area (Å²) in [5.41, 5.74) is 12.0. The van der Waals surface area contributed by atoms with Gasteiger partial charge in [0.15, 0.2) is 0 Å². The van der Waals surface area contributed by atoms with Crippen molar-refractivity contribution in [1.82, 2.24) is 0 Å². The van der Waals surface area contributed by atoms with Crippen LogP contribution in [0.1, 0.15) is 57.0 Å². The van der Waals surface area contributed by atoms with Gasteiger partial charge in [-0.3, -0.25) is 0 Å². The molecule has 0 saturated heterocycles. The molecule has 0 aliphatic heterocycles. The van der Waals surface area contributed by atoms with Crippen LogP contribution in [0.15, 0.2) is 22.8 Å². The van der Waals surface area contributed by atoms with E-state index in [4.69, 9.17) is 0 Å². The van der Waals surface area contributed by atoms with E-state index in [2.05, 4.69) is 97.8 Å². The van der Waals surface area contributed by atoms with Crippen molar-refractivity contribution in [2.24, 2.45) is 4.99 Å². The smallest absolute Gasteiger partial charge is 0.562 e. The molecule has 0 N–H and O–H groups in total. The maximum Gasteiger partial charge on any atom is 2.00 e. The molecule has 0 saturated carbocycles. The summed E-state index contributed by atoms with van der Waals surface area (Å²) >= 11 is 0. The molecule has 147 valence electrons. The molecule has 2 aromatic carbocycles. The summed E-state index contributed by atoms with van der Waals surface area (Å²) in [5.74, 6) is 0. The Labute approximate surface area is 199 Å². The Bertz CT molecular complexity index is 819. The van der Waals surface area contributed by atoms with E-state index in [1.54, 1.807) is 6.92 Å². The number of benzene rings is 2. The molecule has 0 aliphatic carbocycles. The molecule has 28 heavy (non-hydrogen) atoms. The van der Waals surface area contributed by atoms with Crippen LogP contribution in [-0.4, -0.2) is 6.21 Å². The summed E-state index contributed by atoms with van der Waals surface area (Å²) in [6.45, 7) is 22.5. The van der Waals surface area contributed by atoms with Crippen LogP contribution >= 0.6 is 0 Å². The van der Waals surface area contributed by atoms with Gasteiger partial charge in [0, 0.05) is 0 Å².